The Morgan fingerprint density at radius 1 is 1.32 bits per heavy atom. The van der Waals surface area contributed by atoms with Crippen molar-refractivity contribution in [1.82, 2.24) is 10.6 Å². The molecule has 0 radical (unpaired) electrons. The highest BCUT2D eigenvalue weighted by Gasteiger charge is 2.34. The second-order valence-corrected chi connectivity index (χ2v) is 5.96. The van der Waals surface area contributed by atoms with Gasteiger partial charge in [0.25, 0.3) is 0 Å². The zero-order valence-electron chi connectivity index (χ0n) is 12.3. The summed E-state index contributed by atoms with van der Waals surface area (Å²) in [5, 5.41) is 14.6. The Morgan fingerprint density at radius 2 is 1.95 bits per heavy atom. The van der Waals surface area contributed by atoms with Gasteiger partial charge in [-0.1, -0.05) is 33.6 Å². The molecular formula is C14H26N2O3. The van der Waals surface area contributed by atoms with E-state index in [-0.39, 0.29) is 12.1 Å². The maximum atomic E-state index is 12.0. The number of aliphatic carboxylic acids is 1. The summed E-state index contributed by atoms with van der Waals surface area (Å²) in [4.78, 5) is 23.1. The van der Waals surface area contributed by atoms with Crippen LogP contribution >= 0.6 is 0 Å². The summed E-state index contributed by atoms with van der Waals surface area (Å²) < 4.78 is 0. The number of hydrogen-bond acceptors (Lipinski definition) is 2. The van der Waals surface area contributed by atoms with Crippen LogP contribution in [0.25, 0.3) is 0 Å². The molecule has 1 saturated carbocycles. The lowest BCUT2D eigenvalue weighted by Crippen LogP contribution is -2.57. The molecule has 4 atom stereocenters. The third-order valence-corrected chi connectivity index (χ3v) is 4.59. The normalized spacial score (nSPS) is 30.2. The number of carboxylic acid groups (broad SMARTS) is 1. The molecule has 5 nitrogen and oxygen atoms in total. The molecule has 1 aliphatic rings. The summed E-state index contributed by atoms with van der Waals surface area (Å²) >= 11 is 0. The molecule has 0 spiro atoms. The fourth-order valence-corrected chi connectivity index (χ4v) is 2.53. The minimum absolute atomic E-state index is 0.138. The SMILES string of the molecule is CCC(C)(NC(=O)NC1CCCC(C)C1C)C(=O)O. The Labute approximate surface area is 115 Å². The van der Waals surface area contributed by atoms with Crippen molar-refractivity contribution in [3.8, 4) is 0 Å². The van der Waals surface area contributed by atoms with Gasteiger partial charge in [0.05, 0.1) is 0 Å². The van der Waals surface area contributed by atoms with E-state index < -0.39 is 11.5 Å². The second-order valence-electron chi connectivity index (χ2n) is 5.96. The van der Waals surface area contributed by atoms with Crippen LogP contribution < -0.4 is 10.6 Å². The highest BCUT2D eigenvalue weighted by Crippen LogP contribution is 2.29. The predicted molar refractivity (Wildman–Crippen MR) is 74.0 cm³/mol. The molecule has 110 valence electrons. The fourth-order valence-electron chi connectivity index (χ4n) is 2.53. The van der Waals surface area contributed by atoms with Crippen molar-refractivity contribution in [2.45, 2.75) is 65.0 Å². The number of urea groups is 1. The molecule has 0 saturated heterocycles. The molecule has 0 aliphatic heterocycles. The van der Waals surface area contributed by atoms with Crippen molar-refractivity contribution in [3.05, 3.63) is 0 Å². The number of carboxylic acids is 1. The molecule has 3 N–H and O–H groups in total. The zero-order chi connectivity index (χ0) is 14.6. The van der Waals surface area contributed by atoms with Gasteiger partial charge in [0.1, 0.15) is 5.54 Å². The molecule has 0 aromatic carbocycles. The van der Waals surface area contributed by atoms with Gasteiger partial charge in [-0.05, 0) is 31.6 Å². The van der Waals surface area contributed by atoms with Crippen LogP contribution in [0.4, 0.5) is 4.79 Å². The van der Waals surface area contributed by atoms with Crippen LogP contribution in [0.2, 0.25) is 0 Å². The predicted octanol–water partition coefficient (Wildman–Crippen LogP) is 2.36. The van der Waals surface area contributed by atoms with E-state index in [1.807, 2.05) is 0 Å². The molecule has 5 heteroatoms. The number of nitrogens with one attached hydrogen (secondary N) is 2. The number of carbonyl (C=O) groups excluding carboxylic acids is 1. The van der Waals surface area contributed by atoms with Crippen LogP contribution in [0.5, 0.6) is 0 Å². The second kappa shape index (κ2) is 6.26. The first-order valence-corrected chi connectivity index (χ1v) is 7.12. The minimum atomic E-state index is -1.20. The van der Waals surface area contributed by atoms with E-state index in [1.54, 1.807) is 6.92 Å². The third kappa shape index (κ3) is 3.85. The lowest BCUT2D eigenvalue weighted by atomic mass is 9.78. The maximum Gasteiger partial charge on any atom is 0.329 e. The fraction of sp³-hybridized carbons (Fsp3) is 0.857. The first-order valence-electron chi connectivity index (χ1n) is 7.12. The Kier molecular flexibility index (Phi) is 5.20. The molecule has 2 amide bonds. The van der Waals surface area contributed by atoms with Crippen molar-refractivity contribution >= 4 is 12.0 Å². The molecule has 1 rings (SSSR count). The van der Waals surface area contributed by atoms with E-state index in [9.17, 15) is 9.59 Å². The number of amides is 2. The van der Waals surface area contributed by atoms with Crippen molar-refractivity contribution in [3.63, 3.8) is 0 Å². The summed E-state index contributed by atoms with van der Waals surface area (Å²) in [7, 11) is 0. The van der Waals surface area contributed by atoms with E-state index in [1.165, 1.54) is 13.3 Å². The van der Waals surface area contributed by atoms with Crippen LogP contribution in [-0.2, 0) is 4.79 Å². The topological polar surface area (TPSA) is 78.4 Å². The average Bonchev–Trinajstić information content (AvgIpc) is 2.34. The molecule has 4 unspecified atom stereocenters. The lowest BCUT2D eigenvalue weighted by molar-refractivity contribution is -0.143. The van der Waals surface area contributed by atoms with Crippen LogP contribution in [-0.4, -0.2) is 28.7 Å². The smallest absolute Gasteiger partial charge is 0.329 e. The van der Waals surface area contributed by atoms with E-state index >= 15 is 0 Å². The van der Waals surface area contributed by atoms with Crippen molar-refractivity contribution in [2.24, 2.45) is 11.8 Å². The summed E-state index contributed by atoms with van der Waals surface area (Å²) in [6, 6.07) is -0.239. The van der Waals surface area contributed by atoms with Gasteiger partial charge in [-0.25, -0.2) is 9.59 Å². The molecule has 1 aliphatic carbocycles. The van der Waals surface area contributed by atoms with Gasteiger partial charge >= 0.3 is 12.0 Å². The Morgan fingerprint density at radius 3 is 2.47 bits per heavy atom. The monoisotopic (exact) mass is 270 g/mol. The molecular weight excluding hydrogens is 244 g/mol. The first kappa shape index (κ1) is 15.8. The van der Waals surface area contributed by atoms with E-state index in [0.29, 0.717) is 18.3 Å². The van der Waals surface area contributed by atoms with E-state index in [2.05, 4.69) is 24.5 Å². The quantitative estimate of drug-likeness (QED) is 0.733. The van der Waals surface area contributed by atoms with E-state index in [0.717, 1.165) is 12.8 Å². The summed E-state index contributed by atoms with van der Waals surface area (Å²) in [5.74, 6) is 0.0171. The maximum absolute atomic E-state index is 12.0. The third-order valence-electron chi connectivity index (χ3n) is 4.59. The van der Waals surface area contributed by atoms with Gasteiger partial charge in [0.15, 0.2) is 0 Å². The van der Waals surface area contributed by atoms with Crippen LogP contribution in [0, 0.1) is 11.8 Å². The minimum Gasteiger partial charge on any atom is -0.480 e. The number of rotatable bonds is 4. The van der Waals surface area contributed by atoms with Crippen molar-refractivity contribution in [1.29, 1.82) is 0 Å². The van der Waals surface area contributed by atoms with Crippen molar-refractivity contribution < 1.29 is 14.7 Å². The average molecular weight is 270 g/mol. The van der Waals surface area contributed by atoms with Gasteiger partial charge in [-0.15, -0.1) is 0 Å². The van der Waals surface area contributed by atoms with Gasteiger partial charge in [-0.2, -0.15) is 0 Å². The van der Waals surface area contributed by atoms with Gasteiger partial charge in [0.2, 0.25) is 0 Å². The Hall–Kier alpha value is -1.26. The highest BCUT2D eigenvalue weighted by atomic mass is 16.4. The number of carbonyl (C=O) groups is 2. The Balaban J connectivity index is 2.57. The molecule has 0 heterocycles. The van der Waals surface area contributed by atoms with Gasteiger partial charge in [-0.3, -0.25) is 0 Å². The molecule has 0 aromatic rings. The molecule has 0 bridgehead atoms. The lowest BCUT2D eigenvalue weighted by Gasteiger charge is -2.35. The van der Waals surface area contributed by atoms with Crippen LogP contribution in [0.1, 0.15) is 53.4 Å². The van der Waals surface area contributed by atoms with Gasteiger partial charge in [0, 0.05) is 6.04 Å². The van der Waals surface area contributed by atoms with E-state index in [4.69, 9.17) is 5.11 Å². The largest absolute Gasteiger partial charge is 0.480 e. The van der Waals surface area contributed by atoms with Crippen molar-refractivity contribution in [2.75, 3.05) is 0 Å². The molecule has 1 fully saturated rings. The highest BCUT2D eigenvalue weighted by molar-refractivity contribution is 5.85. The zero-order valence-corrected chi connectivity index (χ0v) is 12.3. The molecule has 0 aromatic heterocycles. The van der Waals surface area contributed by atoms with Crippen LogP contribution in [0.15, 0.2) is 0 Å². The van der Waals surface area contributed by atoms with Crippen LogP contribution in [0.3, 0.4) is 0 Å². The number of hydrogen-bond donors (Lipinski definition) is 3. The van der Waals surface area contributed by atoms with Gasteiger partial charge < -0.3 is 15.7 Å². The first-order chi connectivity index (χ1) is 8.80. The summed E-state index contributed by atoms with van der Waals surface area (Å²) in [6.07, 6.45) is 3.63. The summed E-state index contributed by atoms with van der Waals surface area (Å²) in [5.41, 5.74) is -1.20. The Bertz CT molecular complexity index is 346. The standard InChI is InChI=1S/C14H26N2O3/c1-5-14(4,12(17)18)16-13(19)15-11-8-6-7-9(2)10(11)3/h9-11H,5-8H2,1-4H3,(H,17,18)(H2,15,16,19). The summed E-state index contributed by atoms with van der Waals surface area (Å²) in [6.45, 7) is 7.62. The molecule has 19 heavy (non-hydrogen) atoms.